The predicted octanol–water partition coefficient (Wildman–Crippen LogP) is 2.07. The van der Waals surface area contributed by atoms with Crippen LogP contribution < -0.4 is 5.32 Å². The van der Waals surface area contributed by atoms with Crippen LogP contribution in [-0.4, -0.2) is 21.3 Å². The van der Waals surface area contributed by atoms with Gasteiger partial charge < -0.3 is 5.32 Å². The number of hydrogen-bond acceptors (Lipinski definition) is 3. The second kappa shape index (κ2) is 6.63. The van der Waals surface area contributed by atoms with Gasteiger partial charge in [-0.1, -0.05) is 27.7 Å². The van der Waals surface area contributed by atoms with Gasteiger partial charge in [-0.05, 0) is 24.8 Å². The highest BCUT2D eigenvalue weighted by atomic mass is 15.3. The Bertz CT molecular complexity index is 291. The Balaban J connectivity index is 2.33. The van der Waals surface area contributed by atoms with Gasteiger partial charge in [0.15, 0.2) is 0 Å². The molecule has 0 saturated heterocycles. The molecule has 16 heavy (non-hydrogen) atoms. The number of nitrogens with one attached hydrogen (secondary N) is 1. The Morgan fingerprint density at radius 1 is 1.25 bits per heavy atom. The van der Waals surface area contributed by atoms with Gasteiger partial charge in [0, 0.05) is 6.54 Å². The maximum atomic E-state index is 4.28. The first-order chi connectivity index (χ1) is 7.59. The molecule has 4 heteroatoms. The monoisotopic (exact) mass is 224 g/mol. The van der Waals surface area contributed by atoms with E-state index in [9.17, 15) is 0 Å². The van der Waals surface area contributed by atoms with Crippen molar-refractivity contribution in [2.45, 2.75) is 47.2 Å². The fourth-order valence-electron chi connectivity index (χ4n) is 1.51. The van der Waals surface area contributed by atoms with Crippen molar-refractivity contribution < 1.29 is 0 Å². The van der Waals surface area contributed by atoms with Gasteiger partial charge in [-0.2, -0.15) is 5.10 Å². The number of rotatable bonds is 7. The molecule has 0 spiro atoms. The molecule has 1 aromatic heterocycles. The van der Waals surface area contributed by atoms with E-state index in [-0.39, 0.29) is 0 Å². The summed E-state index contributed by atoms with van der Waals surface area (Å²) in [7, 11) is 0. The molecular weight excluding hydrogens is 200 g/mol. The average molecular weight is 224 g/mol. The van der Waals surface area contributed by atoms with Gasteiger partial charge in [-0.15, -0.1) is 0 Å². The first-order valence-corrected chi connectivity index (χ1v) is 6.17. The van der Waals surface area contributed by atoms with Gasteiger partial charge in [-0.3, -0.25) is 0 Å². The quantitative estimate of drug-likeness (QED) is 0.721. The summed E-state index contributed by atoms with van der Waals surface area (Å²) in [5.74, 6) is 2.40. The third kappa shape index (κ3) is 4.75. The van der Waals surface area contributed by atoms with E-state index in [0.717, 1.165) is 31.4 Å². The summed E-state index contributed by atoms with van der Waals surface area (Å²) in [5.41, 5.74) is 0. The highest BCUT2D eigenvalue weighted by molar-refractivity contribution is 4.83. The predicted molar refractivity (Wildman–Crippen MR) is 66.0 cm³/mol. The van der Waals surface area contributed by atoms with Crippen LogP contribution in [0.25, 0.3) is 0 Å². The minimum atomic E-state index is 0.608. The van der Waals surface area contributed by atoms with Crippen molar-refractivity contribution >= 4 is 0 Å². The van der Waals surface area contributed by atoms with Gasteiger partial charge in [-0.25, -0.2) is 9.67 Å². The summed E-state index contributed by atoms with van der Waals surface area (Å²) in [5, 5.41) is 7.65. The molecule has 1 heterocycles. The summed E-state index contributed by atoms with van der Waals surface area (Å²) >= 11 is 0. The Labute approximate surface area is 98.5 Å². The molecule has 0 aliphatic carbocycles. The molecule has 0 saturated carbocycles. The lowest BCUT2D eigenvalue weighted by atomic mass is 10.1. The smallest absolute Gasteiger partial charge is 0.140 e. The summed E-state index contributed by atoms with van der Waals surface area (Å²) in [4.78, 5) is 4.28. The number of hydrogen-bond donors (Lipinski definition) is 1. The lowest BCUT2D eigenvalue weighted by molar-refractivity contribution is 0.452. The molecule has 0 atom stereocenters. The molecular formula is C12H24N4. The number of nitrogens with zero attached hydrogens (tertiary/aromatic N) is 3. The van der Waals surface area contributed by atoms with Gasteiger partial charge in [0.1, 0.15) is 12.2 Å². The second-order valence-corrected chi connectivity index (χ2v) is 5.11. The van der Waals surface area contributed by atoms with Crippen molar-refractivity contribution in [3.8, 4) is 0 Å². The van der Waals surface area contributed by atoms with Crippen molar-refractivity contribution in [1.82, 2.24) is 20.1 Å². The van der Waals surface area contributed by atoms with Gasteiger partial charge in [0.2, 0.25) is 0 Å². The van der Waals surface area contributed by atoms with Crippen LogP contribution in [0.2, 0.25) is 0 Å². The van der Waals surface area contributed by atoms with E-state index in [1.807, 2.05) is 4.68 Å². The first kappa shape index (κ1) is 13.2. The number of aromatic nitrogens is 3. The highest BCUT2D eigenvalue weighted by Crippen LogP contribution is 2.01. The molecule has 0 amide bonds. The summed E-state index contributed by atoms with van der Waals surface area (Å²) in [6, 6.07) is 0. The third-order valence-electron chi connectivity index (χ3n) is 2.42. The van der Waals surface area contributed by atoms with Gasteiger partial charge in [0.05, 0.1) is 6.54 Å². The maximum absolute atomic E-state index is 4.28. The summed E-state index contributed by atoms with van der Waals surface area (Å²) < 4.78 is 1.99. The van der Waals surface area contributed by atoms with E-state index < -0.39 is 0 Å². The Hall–Kier alpha value is -0.900. The van der Waals surface area contributed by atoms with Crippen LogP contribution >= 0.6 is 0 Å². The van der Waals surface area contributed by atoms with E-state index >= 15 is 0 Å². The van der Waals surface area contributed by atoms with E-state index in [2.05, 4.69) is 43.1 Å². The molecule has 0 aliphatic heterocycles. The van der Waals surface area contributed by atoms with Crippen LogP contribution in [0.3, 0.4) is 0 Å². The molecule has 1 N–H and O–H groups in total. The average Bonchev–Trinajstić information content (AvgIpc) is 2.59. The lowest BCUT2D eigenvalue weighted by Gasteiger charge is -2.10. The molecule has 0 aliphatic rings. The van der Waals surface area contributed by atoms with Crippen LogP contribution in [-0.2, 0) is 13.1 Å². The standard InChI is InChI=1S/C12H24N4/c1-10(2)5-6-13-7-12-14-9-15-16(12)8-11(3)4/h9-11,13H,5-8H2,1-4H3. The molecule has 0 aromatic carbocycles. The fraction of sp³-hybridized carbons (Fsp3) is 0.833. The Morgan fingerprint density at radius 2 is 2.00 bits per heavy atom. The Morgan fingerprint density at radius 3 is 2.62 bits per heavy atom. The summed E-state index contributed by atoms with van der Waals surface area (Å²) in [6.45, 7) is 11.7. The SMILES string of the molecule is CC(C)CCNCc1ncnn1CC(C)C. The zero-order valence-electron chi connectivity index (χ0n) is 10.9. The van der Waals surface area contributed by atoms with Crippen molar-refractivity contribution in [3.63, 3.8) is 0 Å². The molecule has 92 valence electrons. The Kier molecular flexibility index (Phi) is 5.46. The van der Waals surface area contributed by atoms with Crippen LogP contribution in [0, 0.1) is 11.8 Å². The van der Waals surface area contributed by atoms with E-state index in [4.69, 9.17) is 0 Å². The second-order valence-electron chi connectivity index (χ2n) is 5.11. The van der Waals surface area contributed by atoms with Crippen LogP contribution in [0.4, 0.5) is 0 Å². The topological polar surface area (TPSA) is 42.7 Å². The van der Waals surface area contributed by atoms with E-state index in [1.165, 1.54) is 6.42 Å². The first-order valence-electron chi connectivity index (χ1n) is 6.17. The van der Waals surface area contributed by atoms with Crippen molar-refractivity contribution in [3.05, 3.63) is 12.2 Å². The van der Waals surface area contributed by atoms with Crippen molar-refractivity contribution in [2.24, 2.45) is 11.8 Å². The molecule has 0 unspecified atom stereocenters. The third-order valence-corrected chi connectivity index (χ3v) is 2.42. The molecule has 0 radical (unpaired) electrons. The fourth-order valence-corrected chi connectivity index (χ4v) is 1.51. The van der Waals surface area contributed by atoms with Gasteiger partial charge in [0.25, 0.3) is 0 Å². The largest absolute Gasteiger partial charge is 0.310 e. The highest BCUT2D eigenvalue weighted by Gasteiger charge is 2.05. The van der Waals surface area contributed by atoms with Crippen molar-refractivity contribution in [1.29, 1.82) is 0 Å². The molecule has 0 fully saturated rings. The zero-order chi connectivity index (χ0) is 12.0. The van der Waals surface area contributed by atoms with E-state index in [0.29, 0.717) is 5.92 Å². The molecule has 1 aromatic rings. The normalized spacial score (nSPS) is 11.6. The van der Waals surface area contributed by atoms with Crippen LogP contribution in [0.5, 0.6) is 0 Å². The van der Waals surface area contributed by atoms with Crippen LogP contribution in [0.15, 0.2) is 6.33 Å². The lowest BCUT2D eigenvalue weighted by Crippen LogP contribution is -2.20. The van der Waals surface area contributed by atoms with Gasteiger partial charge >= 0.3 is 0 Å². The minimum absolute atomic E-state index is 0.608. The zero-order valence-corrected chi connectivity index (χ0v) is 10.9. The maximum Gasteiger partial charge on any atom is 0.140 e. The van der Waals surface area contributed by atoms with Crippen molar-refractivity contribution in [2.75, 3.05) is 6.54 Å². The molecule has 4 nitrogen and oxygen atoms in total. The summed E-state index contributed by atoms with van der Waals surface area (Å²) in [6.07, 6.45) is 2.85. The minimum Gasteiger partial charge on any atom is -0.310 e. The van der Waals surface area contributed by atoms with Crippen LogP contribution in [0.1, 0.15) is 39.9 Å². The molecule has 1 rings (SSSR count). The van der Waals surface area contributed by atoms with E-state index in [1.54, 1.807) is 6.33 Å². The molecule has 0 bridgehead atoms.